The van der Waals surface area contributed by atoms with Gasteiger partial charge in [0.25, 0.3) is 5.91 Å². The molecule has 3 amide bonds. The molecule has 0 radical (unpaired) electrons. The van der Waals surface area contributed by atoms with E-state index in [1.165, 1.54) is 24.3 Å². The quantitative estimate of drug-likeness (QED) is 0.734. The highest BCUT2D eigenvalue weighted by Gasteiger charge is 2.55. The summed E-state index contributed by atoms with van der Waals surface area (Å²) in [6.45, 7) is 1.61. The number of nitrogens with one attached hydrogen (secondary N) is 2. The van der Waals surface area contributed by atoms with Crippen molar-refractivity contribution in [2.24, 2.45) is 0 Å². The maximum Gasteiger partial charge on any atom is 0.322 e. The van der Waals surface area contributed by atoms with Gasteiger partial charge in [-0.15, -0.1) is 0 Å². The van der Waals surface area contributed by atoms with Gasteiger partial charge in [0.15, 0.2) is 5.54 Å². The molecule has 0 aromatic heterocycles. The highest BCUT2D eigenvalue weighted by atomic mass is 19.1. The minimum atomic E-state index is -1.57. The number of carbonyl (C=O) groups is 2. The Morgan fingerprint density at radius 2 is 1.73 bits per heavy atom. The fraction of sp³-hybridized carbons (Fsp3) is 0.125. The number of urea groups is 1. The molecule has 0 bridgehead atoms. The number of rotatable bonds is 0. The van der Waals surface area contributed by atoms with Gasteiger partial charge in [-0.05, 0) is 47.9 Å². The minimum absolute atomic E-state index is 0.316. The van der Waals surface area contributed by atoms with E-state index < -0.39 is 29.1 Å². The zero-order chi connectivity index (χ0) is 15.6. The van der Waals surface area contributed by atoms with Crippen LogP contribution in [0.3, 0.4) is 0 Å². The number of benzene rings is 2. The average molecular weight is 300 g/mol. The van der Waals surface area contributed by atoms with Gasteiger partial charge in [-0.3, -0.25) is 10.1 Å². The Labute approximate surface area is 124 Å². The molecule has 6 heteroatoms. The molecule has 1 aliphatic heterocycles. The monoisotopic (exact) mass is 300 g/mol. The van der Waals surface area contributed by atoms with Crippen molar-refractivity contribution in [3.05, 3.63) is 58.7 Å². The number of hydrogen-bond acceptors (Lipinski definition) is 2. The van der Waals surface area contributed by atoms with Gasteiger partial charge in [0.05, 0.1) is 0 Å². The summed E-state index contributed by atoms with van der Waals surface area (Å²) in [5.74, 6) is -1.65. The molecule has 1 spiro atoms. The van der Waals surface area contributed by atoms with Crippen LogP contribution in [0, 0.1) is 18.6 Å². The lowest BCUT2D eigenvalue weighted by molar-refractivity contribution is -0.122. The fourth-order valence-electron chi connectivity index (χ4n) is 3.26. The molecule has 1 heterocycles. The molecule has 0 saturated carbocycles. The molecule has 110 valence electrons. The molecule has 1 aliphatic carbocycles. The molecule has 2 aromatic rings. The summed E-state index contributed by atoms with van der Waals surface area (Å²) in [7, 11) is 0. The van der Waals surface area contributed by atoms with Gasteiger partial charge in [-0.1, -0.05) is 6.07 Å². The molecule has 2 aromatic carbocycles. The zero-order valence-electron chi connectivity index (χ0n) is 11.5. The van der Waals surface area contributed by atoms with Gasteiger partial charge in [0.2, 0.25) is 0 Å². The number of aryl methyl sites for hydroxylation is 1. The summed E-state index contributed by atoms with van der Waals surface area (Å²) in [4.78, 5) is 24.0. The third-order valence-corrected chi connectivity index (χ3v) is 4.25. The lowest BCUT2D eigenvalue weighted by atomic mass is 9.87. The molecule has 1 atom stereocenters. The molecule has 22 heavy (non-hydrogen) atoms. The normalized spacial score (nSPS) is 21.6. The van der Waals surface area contributed by atoms with Gasteiger partial charge in [-0.2, -0.15) is 0 Å². The first-order chi connectivity index (χ1) is 10.4. The standard InChI is InChI=1S/C16H10F2N2O2/c1-7-4-10-9-3-2-8(17)5-11(9)16(12(10)6-13(7)18)14(21)19-15(22)20-16/h2-6H,1H3,(H2,19,20,21,22). The van der Waals surface area contributed by atoms with Crippen LogP contribution in [-0.2, 0) is 10.3 Å². The smallest absolute Gasteiger partial charge is 0.316 e. The van der Waals surface area contributed by atoms with E-state index in [0.717, 1.165) is 0 Å². The summed E-state index contributed by atoms with van der Waals surface area (Å²) in [6.07, 6.45) is 0. The van der Waals surface area contributed by atoms with Crippen LogP contribution in [0.15, 0.2) is 30.3 Å². The summed E-state index contributed by atoms with van der Waals surface area (Å²) >= 11 is 0. The zero-order valence-corrected chi connectivity index (χ0v) is 11.5. The largest absolute Gasteiger partial charge is 0.322 e. The second-order valence-corrected chi connectivity index (χ2v) is 5.50. The first-order valence-electron chi connectivity index (χ1n) is 6.68. The first kappa shape index (κ1) is 12.9. The van der Waals surface area contributed by atoms with Gasteiger partial charge >= 0.3 is 6.03 Å². The fourth-order valence-corrected chi connectivity index (χ4v) is 3.26. The molecular weight excluding hydrogens is 290 g/mol. The van der Waals surface area contributed by atoms with Crippen LogP contribution in [0.4, 0.5) is 13.6 Å². The van der Waals surface area contributed by atoms with Crippen molar-refractivity contribution in [2.75, 3.05) is 0 Å². The van der Waals surface area contributed by atoms with E-state index in [2.05, 4.69) is 10.6 Å². The Hall–Kier alpha value is -2.76. The second-order valence-electron chi connectivity index (χ2n) is 5.50. The van der Waals surface area contributed by atoms with Crippen LogP contribution in [-0.4, -0.2) is 11.9 Å². The number of carbonyl (C=O) groups excluding carboxylic acids is 2. The number of hydrogen-bond donors (Lipinski definition) is 2. The van der Waals surface area contributed by atoms with Crippen LogP contribution in [0.1, 0.15) is 16.7 Å². The first-order valence-corrected chi connectivity index (χ1v) is 6.68. The van der Waals surface area contributed by atoms with Crippen molar-refractivity contribution in [3.63, 3.8) is 0 Å². The summed E-state index contributed by atoms with van der Waals surface area (Å²) < 4.78 is 27.7. The predicted molar refractivity (Wildman–Crippen MR) is 74.0 cm³/mol. The molecule has 1 unspecified atom stereocenters. The average Bonchev–Trinajstić information content (AvgIpc) is 2.89. The van der Waals surface area contributed by atoms with E-state index >= 15 is 0 Å². The van der Waals surface area contributed by atoms with Crippen LogP contribution in [0.2, 0.25) is 0 Å². The highest BCUT2D eigenvalue weighted by Crippen LogP contribution is 2.49. The maximum absolute atomic E-state index is 14.0. The Kier molecular flexibility index (Phi) is 2.30. The van der Waals surface area contributed by atoms with Crippen molar-refractivity contribution in [3.8, 4) is 11.1 Å². The van der Waals surface area contributed by atoms with Gasteiger partial charge < -0.3 is 5.32 Å². The molecule has 4 rings (SSSR count). The van der Waals surface area contributed by atoms with E-state index in [-0.39, 0.29) is 0 Å². The Morgan fingerprint density at radius 3 is 2.41 bits per heavy atom. The summed E-state index contributed by atoms with van der Waals surface area (Å²) in [5, 5.41) is 4.68. The lowest BCUT2D eigenvalue weighted by Crippen LogP contribution is -2.43. The van der Waals surface area contributed by atoms with E-state index in [1.807, 2.05) is 0 Å². The van der Waals surface area contributed by atoms with E-state index in [9.17, 15) is 18.4 Å². The molecule has 1 saturated heterocycles. The number of fused-ring (bicyclic) bond motifs is 5. The van der Waals surface area contributed by atoms with Crippen molar-refractivity contribution in [1.29, 1.82) is 0 Å². The molecule has 2 N–H and O–H groups in total. The van der Waals surface area contributed by atoms with E-state index in [0.29, 0.717) is 27.8 Å². The Balaban J connectivity index is 2.13. The number of halogens is 2. The molecular formula is C16H10F2N2O2. The third kappa shape index (κ3) is 1.39. The number of imide groups is 1. The van der Waals surface area contributed by atoms with Crippen molar-refractivity contribution < 1.29 is 18.4 Å². The second kappa shape index (κ2) is 3.91. The SMILES string of the molecule is Cc1cc2c(cc1F)C1(NC(=O)NC1=O)c1cc(F)ccc1-2. The molecule has 4 nitrogen and oxygen atoms in total. The lowest BCUT2D eigenvalue weighted by Gasteiger charge is -2.23. The Bertz CT molecular complexity index is 879. The third-order valence-electron chi connectivity index (χ3n) is 4.25. The van der Waals surface area contributed by atoms with Gasteiger partial charge in [0, 0.05) is 11.1 Å². The summed E-state index contributed by atoms with van der Waals surface area (Å²) in [5.41, 5.74) is 0.701. The van der Waals surface area contributed by atoms with Crippen molar-refractivity contribution in [2.45, 2.75) is 12.5 Å². The maximum atomic E-state index is 14.0. The number of amides is 3. The van der Waals surface area contributed by atoms with Crippen molar-refractivity contribution in [1.82, 2.24) is 10.6 Å². The van der Waals surface area contributed by atoms with Crippen LogP contribution >= 0.6 is 0 Å². The Morgan fingerprint density at radius 1 is 1.00 bits per heavy atom. The van der Waals surface area contributed by atoms with E-state index in [4.69, 9.17) is 0 Å². The van der Waals surface area contributed by atoms with Crippen molar-refractivity contribution >= 4 is 11.9 Å². The van der Waals surface area contributed by atoms with Gasteiger partial charge in [0.1, 0.15) is 11.6 Å². The minimum Gasteiger partial charge on any atom is -0.316 e. The molecule has 2 aliphatic rings. The molecule has 1 fully saturated rings. The summed E-state index contributed by atoms with van der Waals surface area (Å²) in [6, 6.07) is 6.16. The van der Waals surface area contributed by atoms with E-state index in [1.54, 1.807) is 13.0 Å². The van der Waals surface area contributed by atoms with Gasteiger partial charge in [-0.25, -0.2) is 13.6 Å². The van der Waals surface area contributed by atoms with Crippen LogP contribution in [0.5, 0.6) is 0 Å². The topological polar surface area (TPSA) is 58.2 Å². The predicted octanol–water partition coefficient (Wildman–Crippen LogP) is 2.34. The van der Waals surface area contributed by atoms with Crippen LogP contribution in [0.25, 0.3) is 11.1 Å². The highest BCUT2D eigenvalue weighted by molar-refractivity contribution is 6.13. The van der Waals surface area contributed by atoms with Crippen LogP contribution < -0.4 is 10.6 Å².